The van der Waals surface area contributed by atoms with Crippen molar-refractivity contribution in [3.63, 3.8) is 0 Å². The Morgan fingerprint density at radius 1 is 1.30 bits per heavy atom. The average molecular weight is 283 g/mol. The summed E-state index contributed by atoms with van der Waals surface area (Å²) in [6.07, 6.45) is 6.71. The van der Waals surface area contributed by atoms with Gasteiger partial charge in [0.1, 0.15) is 5.01 Å². The standard InChI is InChI=1S/C16H17N3S/c1-2-12(10-18-13-4-5-13)14-6-8-19(15(14)3-1)11-16-17-7-9-20-16/h1-3,6-9,13,18H,4-5,10-11H2. The second kappa shape index (κ2) is 5.04. The molecule has 1 aliphatic carbocycles. The predicted molar refractivity (Wildman–Crippen MR) is 83.0 cm³/mol. The Bertz CT molecular complexity index is 710. The molecule has 0 saturated heterocycles. The second-order valence-electron chi connectivity index (χ2n) is 5.37. The molecule has 1 N–H and O–H groups in total. The molecule has 2 aromatic heterocycles. The van der Waals surface area contributed by atoms with Crippen molar-refractivity contribution in [1.82, 2.24) is 14.9 Å². The zero-order valence-corrected chi connectivity index (χ0v) is 12.1. The first kappa shape index (κ1) is 12.1. The van der Waals surface area contributed by atoms with Gasteiger partial charge in [-0.25, -0.2) is 4.98 Å². The highest BCUT2D eigenvalue weighted by atomic mass is 32.1. The van der Waals surface area contributed by atoms with Gasteiger partial charge in [0.2, 0.25) is 0 Å². The summed E-state index contributed by atoms with van der Waals surface area (Å²) in [4.78, 5) is 4.37. The molecular weight excluding hydrogens is 266 g/mol. The van der Waals surface area contributed by atoms with Crippen LogP contribution in [0.2, 0.25) is 0 Å². The summed E-state index contributed by atoms with van der Waals surface area (Å²) in [6.45, 7) is 1.84. The van der Waals surface area contributed by atoms with Gasteiger partial charge in [0.25, 0.3) is 0 Å². The van der Waals surface area contributed by atoms with Crippen molar-refractivity contribution in [2.75, 3.05) is 0 Å². The third-order valence-electron chi connectivity index (χ3n) is 3.85. The van der Waals surface area contributed by atoms with Crippen molar-refractivity contribution in [1.29, 1.82) is 0 Å². The zero-order chi connectivity index (χ0) is 13.4. The van der Waals surface area contributed by atoms with Gasteiger partial charge in [0, 0.05) is 41.3 Å². The molecule has 3 nitrogen and oxygen atoms in total. The summed E-state index contributed by atoms with van der Waals surface area (Å²) in [5.41, 5.74) is 2.70. The second-order valence-corrected chi connectivity index (χ2v) is 6.35. The Hall–Kier alpha value is -1.65. The van der Waals surface area contributed by atoms with Crippen LogP contribution >= 0.6 is 11.3 Å². The van der Waals surface area contributed by atoms with Crippen LogP contribution in [0.4, 0.5) is 0 Å². The van der Waals surface area contributed by atoms with Crippen LogP contribution in [0, 0.1) is 0 Å². The minimum Gasteiger partial charge on any atom is -0.341 e. The summed E-state index contributed by atoms with van der Waals surface area (Å²) in [5.74, 6) is 0. The summed E-state index contributed by atoms with van der Waals surface area (Å²) in [6, 6.07) is 9.56. The normalized spacial score (nSPS) is 15.0. The Kier molecular flexibility index (Phi) is 3.05. The van der Waals surface area contributed by atoms with E-state index >= 15 is 0 Å². The molecule has 4 rings (SSSR count). The van der Waals surface area contributed by atoms with E-state index in [1.165, 1.54) is 29.3 Å². The summed E-state index contributed by atoms with van der Waals surface area (Å²) < 4.78 is 2.29. The van der Waals surface area contributed by atoms with Gasteiger partial charge in [0.05, 0.1) is 6.54 Å². The lowest BCUT2D eigenvalue weighted by molar-refractivity contribution is 0.691. The lowest BCUT2D eigenvalue weighted by atomic mass is 10.1. The van der Waals surface area contributed by atoms with E-state index in [-0.39, 0.29) is 0 Å². The number of thiazole rings is 1. The number of rotatable bonds is 5. The number of benzene rings is 1. The van der Waals surface area contributed by atoms with Crippen LogP contribution < -0.4 is 5.32 Å². The number of hydrogen-bond donors (Lipinski definition) is 1. The number of nitrogens with zero attached hydrogens (tertiary/aromatic N) is 2. The topological polar surface area (TPSA) is 29.9 Å². The third kappa shape index (κ3) is 2.37. The first-order chi connectivity index (χ1) is 9.90. The maximum Gasteiger partial charge on any atom is 0.112 e. The van der Waals surface area contributed by atoms with Gasteiger partial charge in [-0.1, -0.05) is 12.1 Å². The van der Waals surface area contributed by atoms with Gasteiger partial charge < -0.3 is 9.88 Å². The first-order valence-electron chi connectivity index (χ1n) is 7.08. The molecule has 20 heavy (non-hydrogen) atoms. The van der Waals surface area contributed by atoms with Crippen molar-refractivity contribution in [3.05, 3.63) is 52.6 Å². The molecule has 1 fully saturated rings. The highest BCUT2D eigenvalue weighted by Gasteiger charge is 2.20. The van der Waals surface area contributed by atoms with Crippen LogP contribution in [0.1, 0.15) is 23.4 Å². The summed E-state index contributed by atoms with van der Waals surface area (Å²) in [7, 11) is 0. The predicted octanol–water partition coefficient (Wildman–Crippen LogP) is 3.40. The van der Waals surface area contributed by atoms with Crippen LogP contribution in [0.25, 0.3) is 10.9 Å². The van der Waals surface area contributed by atoms with E-state index in [1.807, 2.05) is 11.6 Å². The molecule has 1 saturated carbocycles. The van der Waals surface area contributed by atoms with E-state index in [4.69, 9.17) is 0 Å². The lowest BCUT2D eigenvalue weighted by Gasteiger charge is -2.07. The van der Waals surface area contributed by atoms with Crippen molar-refractivity contribution in [2.24, 2.45) is 0 Å². The molecule has 2 heterocycles. The molecule has 102 valence electrons. The minimum atomic E-state index is 0.752. The molecule has 0 unspecified atom stereocenters. The molecule has 0 spiro atoms. The number of hydrogen-bond acceptors (Lipinski definition) is 3. The largest absolute Gasteiger partial charge is 0.341 e. The fourth-order valence-electron chi connectivity index (χ4n) is 2.60. The molecule has 0 amide bonds. The van der Waals surface area contributed by atoms with Gasteiger partial charge in [-0.2, -0.15) is 0 Å². The van der Waals surface area contributed by atoms with Gasteiger partial charge in [-0.05, 0) is 30.5 Å². The Morgan fingerprint density at radius 3 is 3.05 bits per heavy atom. The zero-order valence-electron chi connectivity index (χ0n) is 11.2. The van der Waals surface area contributed by atoms with Crippen LogP contribution in [-0.2, 0) is 13.1 Å². The van der Waals surface area contributed by atoms with E-state index in [9.17, 15) is 0 Å². The van der Waals surface area contributed by atoms with Crippen molar-refractivity contribution >= 4 is 22.2 Å². The Labute approximate surface area is 122 Å². The maximum absolute atomic E-state index is 4.37. The molecule has 3 aromatic rings. The van der Waals surface area contributed by atoms with Gasteiger partial charge >= 0.3 is 0 Å². The monoisotopic (exact) mass is 283 g/mol. The molecule has 1 aliphatic rings. The molecule has 0 radical (unpaired) electrons. The number of fused-ring (bicyclic) bond motifs is 1. The maximum atomic E-state index is 4.37. The fourth-order valence-corrected chi connectivity index (χ4v) is 3.21. The molecule has 0 atom stereocenters. The Morgan fingerprint density at radius 2 is 2.25 bits per heavy atom. The molecule has 0 aliphatic heterocycles. The quantitative estimate of drug-likeness (QED) is 0.778. The highest BCUT2D eigenvalue weighted by Crippen LogP contribution is 2.24. The van der Waals surface area contributed by atoms with E-state index in [1.54, 1.807) is 11.3 Å². The van der Waals surface area contributed by atoms with E-state index < -0.39 is 0 Å². The lowest BCUT2D eigenvalue weighted by Crippen LogP contribution is -2.15. The highest BCUT2D eigenvalue weighted by molar-refractivity contribution is 7.09. The van der Waals surface area contributed by atoms with Crippen molar-refractivity contribution < 1.29 is 0 Å². The first-order valence-corrected chi connectivity index (χ1v) is 7.96. The van der Waals surface area contributed by atoms with Gasteiger partial charge in [-0.15, -0.1) is 11.3 Å². The van der Waals surface area contributed by atoms with Gasteiger partial charge in [0.15, 0.2) is 0 Å². The average Bonchev–Trinajstić information content (AvgIpc) is 2.99. The van der Waals surface area contributed by atoms with Gasteiger partial charge in [-0.3, -0.25) is 0 Å². The van der Waals surface area contributed by atoms with E-state index in [0.717, 1.165) is 24.1 Å². The number of nitrogens with one attached hydrogen (secondary N) is 1. The smallest absolute Gasteiger partial charge is 0.112 e. The van der Waals surface area contributed by atoms with Crippen molar-refractivity contribution in [2.45, 2.75) is 32.0 Å². The molecule has 0 bridgehead atoms. The molecular formula is C16H17N3S. The minimum absolute atomic E-state index is 0.752. The molecule has 1 aromatic carbocycles. The van der Waals surface area contributed by atoms with Crippen LogP contribution in [0.3, 0.4) is 0 Å². The fraction of sp³-hybridized carbons (Fsp3) is 0.312. The van der Waals surface area contributed by atoms with E-state index in [2.05, 4.69) is 45.3 Å². The Balaban J connectivity index is 1.64. The summed E-state index contributed by atoms with van der Waals surface area (Å²) in [5, 5.41) is 8.15. The van der Waals surface area contributed by atoms with Crippen LogP contribution in [-0.4, -0.2) is 15.6 Å². The van der Waals surface area contributed by atoms with Crippen LogP contribution in [0.15, 0.2) is 42.0 Å². The van der Waals surface area contributed by atoms with Crippen molar-refractivity contribution in [3.8, 4) is 0 Å². The SMILES string of the molecule is c1cc(CNC2CC2)c2ccn(Cc3nccs3)c2c1. The van der Waals surface area contributed by atoms with Crippen LogP contribution in [0.5, 0.6) is 0 Å². The molecule has 4 heteroatoms. The third-order valence-corrected chi connectivity index (χ3v) is 4.62. The number of aromatic nitrogens is 2. The summed E-state index contributed by atoms with van der Waals surface area (Å²) >= 11 is 1.71. The van der Waals surface area contributed by atoms with E-state index in [0.29, 0.717) is 0 Å².